The van der Waals surface area contributed by atoms with Crippen LogP contribution in [0.2, 0.25) is 0 Å². The van der Waals surface area contributed by atoms with Gasteiger partial charge in [0.05, 0.1) is 0 Å². The lowest BCUT2D eigenvalue weighted by molar-refractivity contribution is 0.310. The summed E-state index contributed by atoms with van der Waals surface area (Å²) in [5, 5.41) is 3.69. The summed E-state index contributed by atoms with van der Waals surface area (Å²) in [4.78, 5) is 0. The molecule has 1 unspecified atom stereocenters. The van der Waals surface area contributed by atoms with E-state index in [-0.39, 0.29) is 0 Å². The van der Waals surface area contributed by atoms with Crippen LogP contribution in [0, 0.1) is 5.92 Å². The maximum absolute atomic E-state index is 3.69. The van der Waals surface area contributed by atoms with Gasteiger partial charge in [-0.1, -0.05) is 39.0 Å². The third kappa shape index (κ3) is 4.45. The highest BCUT2D eigenvalue weighted by Gasteiger charge is 2.15. The topological polar surface area (TPSA) is 12.0 Å². The molecule has 0 amide bonds. The molecule has 1 aliphatic heterocycles. The highest BCUT2D eigenvalue weighted by Crippen LogP contribution is 2.21. The summed E-state index contributed by atoms with van der Waals surface area (Å²) in [6.07, 6.45) is 11.4. The normalized spacial score (nSPS) is 31.3. The Labute approximate surface area is 89.7 Å². The van der Waals surface area contributed by atoms with E-state index in [0.717, 1.165) is 12.0 Å². The molecule has 84 valence electrons. The van der Waals surface area contributed by atoms with E-state index < -0.39 is 0 Å². The summed E-state index contributed by atoms with van der Waals surface area (Å²) in [6, 6.07) is 0.744. The summed E-state index contributed by atoms with van der Waals surface area (Å²) >= 11 is 0. The molecule has 0 aromatic rings. The first-order valence-corrected chi connectivity index (χ1v) is 6.58. The summed E-state index contributed by atoms with van der Waals surface area (Å²) in [5.41, 5.74) is 0. The van der Waals surface area contributed by atoms with Crippen LogP contribution in [0.4, 0.5) is 0 Å². The average molecular weight is 197 g/mol. The van der Waals surface area contributed by atoms with Gasteiger partial charge in [0, 0.05) is 6.04 Å². The van der Waals surface area contributed by atoms with E-state index in [9.17, 15) is 0 Å². The molecule has 1 heterocycles. The predicted octanol–water partition coefficient (Wildman–Crippen LogP) is 3.74. The van der Waals surface area contributed by atoms with Crippen LogP contribution in [0.5, 0.6) is 0 Å². The molecular formula is C13H27N. The summed E-state index contributed by atoms with van der Waals surface area (Å²) in [7, 11) is 0. The minimum absolute atomic E-state index is 0.744. The third-order valence-electron chi connectivity index (χ3n) is 3.58. The van der Waals surface area contributed by atoms with Crippen LogP contribution in [-0.4, -0.2) is 12.6 Å². The Hall–Kier alpha value is -0.0400. The van der Waals surface area contributed by atoms with Crippen LogP contribution in [0.15, 0.2) is 0 Å². The molecule has 1 rings (SSSR count). The van der Waals surface area contributed by atoms with Gasteiger partial charge in [0.15, 0.2) is 0 Å². The number of hydrogen-bond donors (Lipinski definition) is 1. The Morgan fingerprint density at radius 1 is 1.07 bits per heavy atom. The molecule has 1 aliphatic rings. The molecule has 0 radical (unpaired) electrons. The van der Waals surface area contributed by atoms with Crippen molar-refractivity contribution in [3.8, 4) is 0 Å². The standard InChI is InChI=1S/C13H27N/c1-3-9-13-10-7-5-4-6-8-11-14-12(13)2/h12-14H,3-11H2,1-2H3/t12-,13?/m1/s1. The lowest BCUT2D eigenvalue weighted by Gasteiger charge is -2.26. The van der Waals surface area contributed by atoms with Gasteiger partial charge in [-0.25, -0.2) is 0 Å². The SMILES string of the molecule is CCCC1CCCCCCCN[C@@H]1C. The Kier molecular flexibility index (Phi) is 6.25. The molecule has 0 bridgehead atoms. The number of hydrogen-bond acceptors (Lipinski definition) is 1. The highest BCUT2D eigenvalue weighted by molar-refractivity contribution is 4.73. The molecule has 1 nitrogen and oxygen atoms in total. The van der Waals surface area contributed by atoms with Gasteiger partial charge in [0.1, 0.15) is 0 Å². The maximum atomic E-state index is 3.69. The van der Waals surface area contributed by atoms with Gasteiger partial charge in [-0.05, 0) is 38.6 Å². The molecule has 2 atom stereocenters. The summed E-state index contributed by atoms with van der Waals surface area (Å²) < 4.78 is 0. The van der Waals surface area contributed by atoms with E-state index in [1.807, 2.05) is 0 Å². The van der Waals surface area contributed by atoms with Gasteiger partial charge in [0.25, 0.3) is 0 Å². The van der Waals surface area contributed by atoms with Crippen molar-refractivity contribution >= 4 is 0 Å². The van der Waals surface area contributed by atoms with Crippen LogP contribution in [-0.2, 0) is 0 Å². The highest BCUT2D eigenvalue weighted by atomic mass is 14.9. The van der Waals surface area contributed by atoms with Crippen LogP contribution in [0.1, 0.15) is 65.2 Å². The van der Waals surface area contributed by atoms with Crippen molar-refractivity contribution in [2.24, 2.45) is 5.92 Å². The van der Waals surface area contributed by atoms with Crippen molar-refractivity contribution in [2.45, 2.75) is 71.3 Å². The molecule has 1 N–H and O–H groups in total. The van der Waals surface area contributed by atoms with E-state index in [0.29, 0.717) is 0 Å². The molecule has 0 saturated carbocycles. The fourth-order valence-corrected chi connectivity index (χ4v) is 2.57. The van der Waals surface area contributed by atoms with E-state index in [1.165, 1.54) is 57.9 Å². The monoisotopic (exact) mass is 197 g/mol. The molecule has 0 aromatic carbocycles. The largest absolute Gasteiger partial charge is 0.314 e. The molecule has 1 fully saturated rings. The maximum Gasteiger partial charge on any atom is 0.00669 e. The zero-order valence-corrected chi connectivity index (χ0v) is 10.0. The zero-order chi connectivity index (χ0) is 10.2. The molecule has 0 spiro atoms. The van der Waals surface area contributed by atoms with Gasteiger partial charge < -0.3 is 5.32 Å². The molecular weight excluding hydrogens is 170 g/mol. The average Bonchev–Trinajstić information content (AvgIpc) is 2.20. The van der Waals surface area contributed by atoms with Crippen molar-refractivity contribution in [1.29, 1.82) is 0 Å². The Morgan fingerprint density at radius 2 is 1.79 bits per heavy atom. The summed E-state index contributed by atoms with van der Waals surface area (Å²) in [6.45, 7) is 5.93. The van der Waals surface area contributed by atoms with Gasteiger partial charge in [-0.2, -0.15) is 0 Å². The predicted molar refractivity (Wildman–Crippen MR) is 63.6 cm³/mol. The van der Waals surface area contributed by atoms with Crippen molar-refractivity contribution < 1.29 is 0 Å². The number of nitrogens with one attached hydrogen (secondary N) is 1. The molecule has 0 aromatic heterocycles. The Bertz CT molecular complexity index is 133. The minimum Gasteiger partial charge on any atom is -0.314 e. The van der Waals surface area contributed by atoms with Crippen LogP contribution < -0.4 is 5.32 Å². The molecule has 0 aliphatic carbocycles. The summed E-state index contributed by atoms with van der Waals surface area (Å²) in [5.74, 6) is 0.929. The van der Waals surface area contributed by atoms with Gasteiger partial charge in [-0.3, -0.25) is 0 Å². The first-order valence-electron chi connectivity index (χ1n) is 6.58. The van der Waals surface area contributed by atoms with Gasteiger partial charge >= 0.3 is 0 Å². The van der Waals surface area contributed by atoms with E-state index in [2.05, 4.69) is 19.2 Å². The van der Waals surface area contributed by atoms with Crippen molar-refractivity contribution in [3.05, 3.63) is 0 Å². The second-order valence-electron chi connectivity index (χ2n) is 4.85. The second kappa shape index (κ2) is 7.28. The smallest absolute Gasteiger partial charge is 0.00669 e. The lowest BCUT2D eigenvalue weighted by Crippen LogP contribution is -2.34. The Balaban J connectivity index is 2.34. The van der Waals surface area contributed by atoms with E-state index in [1.54, 1.807) is 0 Å². The second-order valence-corrected chi connectivity index (χ2v) is 4.85. The van der Waals surface area contributed by atoms with E-state index in [4.69, 9.17) is 0 Å². The third-order valence-corrected chi connectivity index (χ3v) is 3.58. The van der Waals surface area contributed by atoms with Crippen LogP contribution >= 0.6 is 0 Å². The molecule has 1 saturated heterocycles. The first kappa shape index (κ1) is 12.0. The Morgan fingerprint density at radius 3 is 2.57 bits per heavy atom. The van der Waals surface area contributed by atoms with Crippen molar-refractivity contribution in [3.63, 3.8) is 0 Å². The molecule has 14 heavy (non-hydrogen) atoms. The van der Waals surface area contributed by atoms with E-state index >= 15 is 0 Å². The van der Waals surface area contributed by atoms with Gasteiger partial charge in [-0.15, -0.1) is 0 Å². The van der Waals surface area contributed by atoms with Crippen molar-refractivity contribution in [2.75, 3.05) is 6.54 Å². The van der Waals surface area contributed by atoms with Crippen LogP contribution in [0.25, 0.3) is 0 Å². The minimum atomic E-state index is 0.744. The fraction of sp³-hybridized carbons (Fsp3) is 1.00. The van der Waals surface area contributed by atoms with Gasteiger partial charge in [0.2, 0.25) is 0 Å². The fourth-order valence-electron chi connectivity index (χ4n) is 2.57. The number of rotatable bonds is 2. The zero-order valence-electron chi connectivity index (χ0n) is 10.0. The van der Waals surface area contributed by atoms with Crippen molar-refractivity contribution in [1.82, 2.24) is 5.32 Å². The quantitative estimate of drug-likeness (QED) is 0.711. The molecule has 1 heteroatoms. The first-order chi connectivity index (χ1) is 6.84. The van der Waals surface area contributed by atoms with Crippen LogP contribution in [0.3, 0.4) is 0 Å². The lowest BCUT2D eigenvalue weighted by atomic mass is 9.89.